The number of rotatable bonds is 4. The van der Waals surface area contributed by atoms with Crippen molar-refractivity contribution in [1.29, 1.82) is 0 Å². The summed E-state index contributed by atoms with van der Waals surface area (Å²) in [6, 6.07) is 14.7. The second-order valence-electron chi connectivity index (χ2n) is 5.83. The summed E-state index contributed by atoms with van der Waals surface area (Å²) in [4.78, 5) is 12.7. The molecule has 1 saturated carbocycles. The molecule has 0 aromatic heterocycles. The first-order valence-corrected chi connectivity index (χ1v) is 7.62. The molecule has 2 aromatic rings. The van der Waals surface area contributed by atoms with Crippen molar-refractivity contribution in [2.75, 3.05) is 5.32 Å². The average molecular weight is 335 g/mol. The summed E-state index contributed by atoms with van der Waals surface area (Å²) in [6.07, 6.45) is -2.23. The van der Waals surface area contributed by atoms with Crippen LogP contribution in [0, 0.1) is 0 Å². The van der Waals surface area contributed by atoms with Crippen molar-refractivity contribution in [2.24, 2.45) is 0 Å². The first kappa shape index (κ1) is 16.4. The van der Waals surface area contributed by atoms with Gasteiger partial charge >= 0.3 is 6.36 Å². The molecule has 3 nitrogen and oxygen atoms in total. The number of hydrogen-bond acceptors (Lipinski definition) is 2. The van der Waals surface area contributed by atoms with Crippen molar-refractivity contribution in [2.45, 2.75) is 31.0 Å². The standard InChI is InChI=1S/C18H16F3NO2/c19-18(20,21)24-15-9-7-14(8-10-15)22-16(23)17(11-4-12-17)13-5-2-1-3-6-13/h1-3,5-10H,4,11-12H2,(H,22,23). The molecule has 0 heterocycles. The van der Waals surface area contributed by atoms with Crippen LogP contribution in [0.15, 0.2) is 54.6 Å². The maximum absolute atomic E-state index is 12.7. The molecule has 1 amide bonds. The van der Waals surface area contributed by atoms with Gasteiger partial charge in [0.15, 0.2) is 0 Å². The van der Waals surface area contributed by atoms with Crippen LogP contribution in [0.5, 0.6) is 5.75 Å². The minimum absolute atomic E-state index is 0.135. The van der Waals surface area contributed by atoms with E-state index in [1.807, 2.05) is 30.3 Å². The van der Waals surface area contributed by atoms with Gasteiger partial charge in [-0.3, -0.25) is 4.79 Å². The molecule has 24 heavy (non-hydrogen) atoms. The third-order valence-electron chi connectivity index (χ3n) is 4.31. The molecular formula is C18H16F3NO2. The number of hydrogen-bond donors (Lipinski definition) is 1. The van der Waals surface area contributed by atoms with Crippen LogP contribution < -0.4 is 10.1 Å². The van der Waals surface area contributed by atoms with E-state index in [4.69, 9.17) is 0 Å². The number of anilines is 1. The summed E-state index contributed by atoms with van der Waals surface area (Å²) in [7, 11) is 0. The van der Waals surface area contributed by atoms with Gasteiger partial charge in [0.1, 0.15) is 5.75 Å². The van der Waals surface area contributed by atoms with Crippen molar-refractivity contribution in [1.82, 2.24) is 0 Å². The van der Waals surface area contributed by atoms with Crippen molar-refractivity contribution >= 4 is 11.6 Å². The zero-order valence-corrected chi connectivity index (χ0v) is 12.8. The predicted octanol–water partition coefficient (Wildman–Crippen LogP) is 4.65. The maximum atomic E-state index is 12.7. The van der Waals surface area contributed by atoms with E-state index in [0.717, 1.165) is 24.8 Å². The van der Waals surface area contributed by atoms with Crippen LogP contribution in [-0.2, 0) is 10.2 Å². The second kappa shape index (κ2) is 6.19. The molecule has 0 radical (unpaired) electrons. The highest BCUT2D eigenvalue weighted by molar-refractivity contribution is 5.99. The monoisotopic (exact) mass is 335 g/mol. The Kier molecular flexibility index (Phi) is 4.22. The van der Waals surface area contributed by atoms with E-state index in [2.05, 4.69) is 10.1 Å². The number of carbonyl (C=O) groups excluding carboxylic acids is 1. The van der Waals surface area contributed by atoms with Crippen molar-refractivity contribution in [3.05, 3.63) is 60.2 Å². The van der Waals surface area contributed by atoms with Crippen molar-refractivity contribution < 1.29 is 22.7 Å². The van der Waals surface area contributed by atoms with E-state index in [1.54, 1.807) is 0 Å². The molecule has 0 unspecified atom stereocenters. The Labute approximate surface area is 137 Å². The molecular weight excluding hydrogens is 319 g/mol. The third kappa shape index (κ3) is 3.37. The van der Waals surface area contributed by atoms with Gasteiger partial charge < -0.3 is 10.1 Å². The van der Waals surface area contributed by atoms with Gasteiger partial charge in [-0.25, -0.2) is 0 Å². The molecule has 1 fully saturated rings. The fraction of sp³-hybridized carbons (Fsp3) is 0.278. The number of alkyl halides is 3. The maximum Gasteiger partial charge on any atom is 0.573 e. The smallest absolute Gasteiger partial charge is 0.406 e. The van der Waals surface area contributed by atoms with Gasteiger partial charge in [-0.15, -0.1) is 13.2 Å². The minimum Gasteiger partial charge on any atom is -0.406 e. The van der Waals surface area contributed by atoms with Crippen molar-refractivity contribution in [3.63, 3.8) is 0 Å². The van der Waals surface area contributed by atoms with Gasteiger partial charge in [-0.1, -0.05) is 36.8 Å². The topological polar surface area (TPSA) is 38.3 Å². The number of nitrogens with one attached hydrogen (secondary N) is 1. The molecule has 2 aromatic carbocycles. The van der Waals surface area contributed by atoms with Crippen LogP contribution in [0.2, 0.25) is 0 Å². The lowest BCUT2D eigenvalue weighted by molar-refractivity contribution is -0.274. The molecule has 3 rings (SSSR count). The second-order valence-corrected chi connectivity index (χ2v) is 5.83. The highest BCUT2D eigenvalue weighted by Gasteiger charge is 2.45. The van der Waals surface area contributed by atoms with E-state index >= 15 is 0 Å². The first-order chi connectivity index (χ1) is 11.4. The molecule has 1 aliphatic rings. The van der Waals surface area contributed by atoms with Crippen molar-refractivity contribution in [3.8, 4) is 5.75 Å². The molecule has 0 spiro atoms. The Balaban J connectivity index is 1.72. The number of halogens is 3. The zero-order valence-electron chi connectivity index (χ0n) is 12.8. The number of amides is 1. The Hall–Kier alpha value is -2.50. The Morgan fingerprint density at radius 1 is 1.00 bits per heavy atom. The molecule has 0 atom stereocenters. The van der Waals surface area contributed by atoms with Crippen LogP contribution in [0.3, 0.4) is 0 Å². The van der Waals surface area contributed by atoms with Gasteiger partial charge in [-0.2, -0.15) is 0 Å². The summed E-state index contributed by atoms with van der Waals surface area (Å²) in [5, 5.41) is 2.80. The van der Waals surface area contributed by atoms with Gasteiger partial charge in [-0.05, 0) is 42.7 Å². The van der Waals surface area contributed by atoms with E-state index < -0.39 is 11.8 Å². The fourth-order valence-electron chi connectivity index (χ4n) is 2.93. The third-order valence-corrected chi connectivity index (χ3v) is 4.31. The molecule has 1 aliphatic carbocycles. The SMILES string of the molecule is O=C(Nc1ccc(OC(F)(F)F)cc1)C1(c2ccccc2)CCC1. The lowest BCUT2D eigenvalue weighted by Crippen LogP contribution is -2.45. The predicted molar refractivity (Wildman–Crippen MR) is 83.7 cm³/mol. The normalized spacial score (nSPS) is 16.1. The molecule has 126 valence electrons. The average Bonchev–Trinajstić information content (AvgIpc) is 2.48. The highest BCUT2D eigenvalue weighted by Crippen LogP contribution is 2.44. The number of ether oxygens (including phenoxy) is 1. The molecule has 1 N–H and O–H groups in total. The van der Waals surface area contributed by atoms with E-state index in [-0.39, 0.29) is 11.7 Å². The summed E-state index contributed by atoms with van der Waals surface area (Å²) >= 11 is 0. The van der Waals surface area contributed by atoms with Gasteiger partial charge in [0.2, 0.25) is 5.91 Å². The van der Waals surface area contributed by atoms with Gasteiger partial charge in [0, 0.05) is 5.69 Å². The molecule has 0 aliphatic heterocycles. The summed E-state index contributed by atoms with van der Waals surface area (Å²) in [5.41, 5.74) is 0.852. The first-order valence-electron chi connectivity index (χ1n) is 7.62. The molecule has 6 heteroatoms. The number of benzene rings is 2. The fourth-order valence-corrected chi connectivity index (χ4v) is 2.93. The largest absolute Gasteiger partial charge is 0.573 e. The van der Waals surface area contributed by atoms with Crippen LogP contribution in [-0.4, -0.2) is 12.3 Å². The highest BCUT2D eigenvalue weighted by atomic mass is 19.4. The Morgan fingerprint density at radius 2 is 1.62 bits per heavy atom. The Bertz CT molecular complexity index is 707. The van der Waals surface area contributed by atoms with Crippen LogP contribution >= 0.6 is 0 Å². The zero-order chi connectivity index (χ0) is 17.2. The van der Waals surface area contributed by atoms with E-state index in [0.29, 0.717) is 5.69 Å². The quantitative estimate of drug-likeness (QED) is 0.883. The lowest BCUT2D eigenvalue weighted by atomic mass is 9.64. The molecule has 0 saturated heterocycles. The summed E-state index contributed by atoms with van der Waals surface area (Å²) in [5.74, 6) is -0.452. The van der Waals surface area contributed by atoms with E-state index in [1.165, 1.54) is 24.3 Å². The van der Waals surface area contributed by atoms with E-state index in [9.17, 15) is 18.0 Å². The summed E-state index contributed by atoms with van der Waals surface area (Å²) in [6.45, 7) is 0. The minimum atomic E-state index is -4.73. The van der Waals surface area contributed by atoms with Crippen LogP contribution in [0.25, 0.3) is 0 Å². The summed E-state index contributed by atoms with van der Waals surface area (Å²) < 4.78 is 40.3. The number of carbonyl (C=O) groups is 1. The Morgan fingerprint density at radius 3 is 2.12 bits per heavy atom. The molecule has 0 bridgehead atoms. The van der Waals surface area contributed by atoms with Gasteiger partial charge in [0.05, 0.1) is 5.41 Å². The lowest BCUT2D eigenvalue weighted by Gasteiger charge is -2.40. The van der Waals surface area contributed by atoms with Gasteiger partial charge in [0.25, 0.3) is 0 Å². The van der Waals surface area contributed by atoms with Crippen LogP contribution in [0.1, 0.15) is 24.8 Å². The van der Waals surface area contributed by atoms with Crippen LogP contribution in [0.4, 0.5) is 18.9 Å².